The molecule has 0 atom stereocenters. The van der Waals surface area contributed by atoms with Gasteiger partial charge >= 0.3 is 6.18 Å². The number of aldehydes is 1. The van der Waals surface area contributed by atoms with E-state index in [1.807, 2.05) is 0 Å². The fourth-order valence-electron chi connectivity index (χ4n) is 1.35. The van der Waals surface area contributed by atoms with Crippen molar-refractivity contribution in [3.8, 4) is 11.5 Å². The van der Waals surface area contributed by atoms with E-state index >= 15 is 0 Å². The number of rotatable bonds is 7. The molecular weight excluding hydrogens is 299 g/mol. The largest absolute Gasteiger partial charge is 0.493 e. The van der Waals surface area contributed by atoms with Crippen LogP contribution in [0.2, 0.25) is 0 Å². The fraction of sp³-hybridized carbons (Fsp3) is 0.364. The Hall–Kier alpha value is -2.36. The molecule has 0 fully saturated rings. The van der Waals surface area contributed by atoms with Gasteiger partial charge in [0.1, 0.15) is 6.61 Å². The molecule has 0 saturated heterocycles. The van der Waals surface area contributed by atoms with Gasteiger partial charge in [0.2, 0.25) is 0 Å². The van der Waals surface area contributed by atoms with E-state index in [0.29, 0.717) is 0 Å². The number of nitro benzene ring substituents is 1. The molecule has 21 heavy (non-hydrogen) atoms. The molecule has 0 heterocycles. The van der Waals surface area contributed by atoms with Gasteiger partial charge in [0.25, 0.3) is 5.69 Å². The average molecular weight is 309 g/mol. The molecule has 0 unspecified atom stereocenters. The van der Waals surface area contributed by atoms with E-state index in [1.165, 1.54) is 7.11 Å². The lowest BCUT2D eigenvalue weighted by atomic mass is 10.1. The maximum absolute atomic E-state index is 11.9. The van der Waals surface area contributed by atoms with Crippen LogP contribution in [0.25, 0.3) is 0 Å². The molecule has 1 aromatic carbocycles. The number of alkyl halides is 3. The Morgan fingerprint density at radius 1 is 1.33 bits per heavy atom. The first-order valence-electron chi connectivity index (χ1n) is 5.37. The molecule has 0 radical (unpaired) electrons. The van der Waals surface area contributed by atoms with Gasteiger partial charge in [0.15, 0.2) is 24.6 Å². The summed E-state index contributed by atoms with van der Waals surface area (Å²) in [6.07, 6.45) is -4.26. The van der Waals surface area contributed by atoms with Crippen LogP contribution in [-0.2, 0) is 4.74 Å². The molecule has 0 aliphatic carbocycles. The number of nitro groups is 1. The molecular formula is C11H10F3NO6. The molecule has 0 saturated carbocycles. The molecule has 0 aliphatic rings. The monoisotopic (exact) mass is 309 g/mol. The molecule has 0 aliphatic heterocycles. The fourth-order valence-corrected chi connectivity index (χ4v) is 1.35. The number of ether oxygens (including phenoxy) is 3. The highest BCUT2D eigenvalue weighted by atomic mass is 19.4. The predicted octanol–water partition coefficient (Wildman–Crippen LogP) is 2.33. The van der Waals surface area contributed by atoms with E-state index in [-0.39, 0.29) is 23.3 Å². The number of halogens is 3. The van der Waals surface area contributed by atoms with Gasteiger partial charge in [-0.3, -0.25) is 14.9 Å². The summed E-state index contributed by atoms with van der Waals surface area (Å²) in [6.45, 7) is -2.31. The van der Waals surface area contributed by atoms with E-state index in [0.717, 1.165) is 12.1 Å². The number of benzene rings is 1. The van der Waals surface area contributed by atoms with Crippen molar-refractivity contribution in [2.24, 2.45) is 0 Å². The Labute approximate surface area is 116 Å². The quantitative estimate of drug-likeness (QED) is 0.252. The van der Waals surface area contributed by atoms with Crippen LogP contribution in [-0.4, -0.2) is 37.9 Å². The molecule has 0 N–H and O–H groups in total. The van der Waals surface area contributed by atoms with Crippen LogP contribution in [0.3, 0.4) is 0 Å². The Morgan fingerprint density at radius 3 is 2.48 bits per heavy atom. The van der Waals surface area contributed by atoms with E-state index < -0.39 is 30.2 Å². The van der Waals surface area contributed by atoms with Crippen molar-refractivity contribution in [3.63, 3.8) is 0 Å². The van der Waals surface area contributed by atoms with Gasteiger partial charge < -0.3 is 14.2 Å². The number of hydrogen-bond donors (Lipinski definition) is 0. The minimum Gasteiger partial charge on any atom is -0.493 e. The van der Waals surface area contributed by atoms with Gasteiger partial charge in [0.05, 0.1) is 23.7 Å². The maximum Gasteiger partial charge on any atom is 0.411 e. The SMILES string of the molecule is COc1cc(C=O)c([N+](=O)[O-])cc1OCOCC(F)(F)F. The predicted molar refractivity (Wildman–Crippen MR) is 62.5 cm³/mol. The second-order valence-corrected chi connectivity index (χ2v) is 3.66. The summed E-state index contributed by atoms with van der Waals surface area (Å²) in [6, 6.07) is 1.92. The van der Waals surface area contributed by atoms with Crippen molar-refractivity contribution < 1.29 is 37.1 Å². The minimum atomic E-state index is -4.51. The van der Waals surface area contributed by atoms with Crippen LogP contribution >= 0.6 is 0 Å². The second kappa shape index (κ2) is 6.88. The minimum absolute atomic E-state index is 0.0432. The highest BCUT2D eigenvalue weighted by Crippen LogP contribution is 2.34. The van der Waals surface area contributed by atoms with Crippen molar-refractivity contribution in [3.05, 3.63) is 27.8 Å². The summed E-state index contributed by atoms with van der Waals surface area (Å²) in [5, 5.41) is 10.8. The smallest absolute Gasteiger partial charge is 0.411 e. The molecule has 0 bridgehead atoms. The molecule has 0 amide bonds. The summed E-state index contributed by atoms with van der Waals surface area (Å²) in [4.78, 5) is 20.7. The van der Waals surface area contributed by atoms with Gasteiger partial charge in [-0.2, -0.15) is 13.2 Å². The first kappa shape index (κ1) is 16.7. The molecule has 116 valence electrons. The van der Waals surface area contributed by atoms with Crippen LogP contribution < -0.4 is 9.47 Å². The van der Waals surface area contributed by atoms with E-state index in [9.17, 15) is 28.1 Å². The van der Waals surface area contributed by atoms with Gasteiger partial charge in [-0.15, -0.1) is 0 Å². The van der Waals surface area contributed by atoms with Crippen molar-refractivity contribution in [1.82, 2.24) is 0 Å². The van der Waals surface area contributed by atoms with E-state index in [4.69, 9.17) is 9.47 Å². The second-order valence-electron chi connectivity index (χ2n) is 3.66. The Kier molecular flexibility index (Phi) is 5.47. The van der Waals surface area contributed by atoms with Crippen LogP contribution in [0.15, 0.2) is 12.1 Å². The lowest BCUT2D eigenvalue weighted by Crippen LogP contribution is -2.19. The number of hydrogen-bond acceptors (Lipinski definition) is 6. The molecule has 10 heteroatoms. The third kappa shape index (κ3) is 4.91. The van der Waals surface area contributed by atoms with Crippen LogP contribution in [0.1, 0.15) is 10.4 Å². The number of carbonyl (C=O) groups excluding carboxylic acids is 1. The Balaban J connectivity index is 2.87. The topological polar surface area (TPSA) is 87.9 Å². The zero-order valence-corrected chi connectivity index (χ0v) is 10.7. The summed E-state index contributed by atoms with van der Waals surface area (Å²) < 4.78 is 49.5. The van der Waals surface area contributed by atoms with Crippen molar-refractivity contribution in [2.45, 2.75) is 6.18 Å². The average Bonchev–Trinajstić information content (AvgIpc) is 2.41. The van der Waals surface area contributed by atoms with Crippen molar-refractivity contribution in [2.75, 3.05) is 20.5 Å². The Bertz CT molecular complexity index is 531. The summed E-state index contributed by atoms with van der Waals surface area (Å²) in [5.74, 6) is -0.254. The summed E-state index contributed by atoms with van der Waals surface area (Å²) in [7, 11) is 1.21. The molecule has 0 aromatic heterocycles. The summed E-state index contributed by atoms with van der Waals surface area (Å²) >= 11 is 0. The van der Waals surface area contributed by atoms with Crippen LogP contribution in [0, 0.1) is 10.1 Å². The zero-order valence-electron chi connectivity index (χ0n) is 10.7. The third-order valence-electron chi connectivity index (χ3n) is 2.20. The highest BCUT2D eigenvalue weighted by Gasteiger charge is 2.27. The third-order valence-corrected chi connectivity index (χ3v) is 2.20. The number of methoxy groups -OCH3 is 1. The van der Waals surface area contributed by atoms with E-state index in [1.54, 1.807) is 0 Å². The van der Waals surface area contributed by atoms with E-state index in [2.05, 4.69) is 4.74 Å². The van der Waals surface area contributed by atoms with Crippen LogP contribution in [0.5, 0.6) is 11.5 Å². The van der Waals surface area contributed by atoms with Gasteiger partial charge in [-0.1, -0.05) is 0 Å². The first-order chi connectivity index (χ1) is 9.78. The standard InChI is InChI=1S/C11H10F3NO6/c1-19-9-2-7(4-16)8(15(17)18)3-10(9)21-6-20-5-11(12,13)14/h2-4H,5-6H2,1H3. The molecule has 1 aromatic rings. The van der Waals surface area contributed by atoms with Crippen molar-refractivity contribution in [1.29, 1.82) is 0 Å². The lowest BCUT2D eigenvalue weighted by Gasteiger charge is -2.12. The molecule has 0 spiro atoms. The highest BCUT2D eigenvalue weighted by molar-refractivity contribution is 5.83. The first-order valence-corrected chi connectivity index (χ1v) is 5.37. The normalized spacial score (nSPS) is 11.0. The number of carbonyl (C=O) groups is 1. The van der Waals surface area contributed by atoms with Gasteiger partial charge in [0, 0.05) is 6.07 Å². The van der Waals surface area contributed by atoms with Gasteiger partial charge in [-0.05, 0) is 0 Å². The van der Waals surface area contributed by atoms with Gasteiger partial charge in [-0.25, -0.2) is 0 Å². The zero-order chi connectivity index (χ0) is 16.0. The van der Waals surface area contributed by atoms with Crippen molar-refractivity contribution >= 4 is 12.0 Å². The summed E-state index contributed by atoms with van der Waals surface area (Å²) in [5.41, 5.74) is -0.808. The Morgan fingerprint density at radius 2 is 2.00 bits per heavy atom. The molecule has 1 rings (SSSR count). The van der Waals surface area contributed by atoms with Crippen LogP contribution in [0.4, 0.5) is 18.9 Å². The number of nitrogens with zero attached hydrogens (tertiary/aromatic N) is 1. The lowest BCUT2D eigenvalue weighted by molar-refractivity contribution is -0.385. The maximum atomic E-state index is 11.9. The molecule has 7 nitrogen and oxygen atoms in total.